The van der Waals surface area contributed by atoms with E-state index in [1.807, 2.05) is 0 Å². The van der Waals surface area contributed by atoms with Crippen LogP contribution in [0.15, 0.2) is 30.6 Å². The maximum atomic E-state index is 12.3. The number of carbonyl (C=O) groups excluding carboxylic acids is 1. The Morgan fingerprint density at radius 3 is 2.14 bits per heavy atom. The number of rotatable bonds is 4. The fourth-order valence-electron chi connectivity index (χ4n) is 1.73. The molecular formula is C12H5Cl2N3O5. The van der Waals surface area contributed by atoms with Crippen LogP contribution in [0, 0.1) is 20.2 Å². The summed E-state index contributed by atoms with van der Waals surface area (Å²) in [6.07, 6.45) is 2.67. The van der Waals surface area contributed by atoms with Gasteiger partial charge in [-0.15, -0.1) is 0 Å². The molecule has 0 saturated heterocycles. The van der Waals surface area contributed by atoms with Crippen LogP contribution in [-0.2, 0) is 0 Å². The lowest BCUT2D eigenvalue weighted by Crippen LogP contribution is -2.06. The second-order valence-corrected chi connectivity index (χ2v) is 4.75. The second kappa shape index (κ2) is 6.04. The first kappa shape index (κ1) is 15.8. The minimum absolute atomic E-state index is 0.128. The Balaban J connectivity index is 2.74. The van der Waals surface area contributed by atoms with Crippen LogP contribution in [0.2, 0.25) is 10.0 Å². The molecule has 0 bridgehead atoms. The molecule has 22 heavy (non-hydrogen) atoms. The standard InChI is InChI=1S/C12H5Cl2N3O5/c13-9-7(12(18)6-1-3-15-4-2-6)5-8(16(19)20)10(14)11(9)17(21)22/h1-5H. The zero-order valence-corrected chi connectivity index (χ0v) is 12.0. The molecule has 8 nitrogen and oxygen atoms in total. The van der Waals surface area contributed by atoms with Gasteiger partial charge in [-0.1, -0.05) is 23.2 Å². The molecule has 0 radical (unpaired) electrons. The van der Waals surface area contributed by atoms with Crippen molar-refractivity contribution >= 4 is 40.4 Å². The lowest BCUT2D eigenvalue weighted by atomic mass is 10.0. The van der Waals surface area contributed by atoms with E-state index in [0.29, 0.717) is 0 Å². The molecule has 0 spiro atoms. The van der Waals surface area contributed by atoms with E-state index in [-0.39, 0.29) is 11.1 Å². The molecule has 10 heteroatoms. The molecule has 1 aromatic heterocycles. The first-order chi connectivity index (χ1) is 10.3. The highest BCUT2D eigenvalue weighted by molar-refractivity contribution is 6.42. The number of nitro benzene ring substituents is 2. The first-order valence-electron chi connectivity index (χ1n) is 5.60. The van der Waals surface area contributed by atoms with Crippen LogP contribution in [0.3, 0.4) is 0 Å². The molecule has 0 aliphatic heterocycles. The van der Waals surface area contributed by atoms with Gasteiger partial charge in [0, 0.05) is 24.0 Å². The summed E-state index contributed by atoms with van der Waals surface area (Å²) in [6.45, 7) is 0. The third-order valence-corrected chi connectivity index (χ3v) is 3.48. The van der Waals surface area contributed by atoms with Gasteiger partial charge in [0.05, 0.1) is 15.4 Å². The molecule has 1 heterocycles. The molecule has 0 aliphatic rings. The molecule has 0 unspecified atom stereocenters. The van der Waals surface area contributed by atoms with Crippen molar-refractivity contribution in [1.82, 2.24) is 4.98 Å². The number of hydrogen-bond acceptors (Lipinski definition) is 6. The number of pyridine rings is 1. The summed E-state index contributed by atoms with van der Waals surface area (Å²) in [5.74, 6) is -0.713. The lowest BCUT2D eigenvalue weighted by molar-refractivity contribution is -0.393. The zero-order chi connectivity index (χ0) is 16.4. The average molecular weight is 342 g/mol. The van der Waals surface area contributed by atoms with Gasteiger partial charge in [-0.3, -0.25) is 30.0 Å². The minimum Gasteiger partial charge on any atom is -0.289 e. The summed E-state index contributed by atoms with van der Waals surface area (Å²) in [7, 11) is 0. The summed E-state index contributed by atoms with van der Waals surface area (Å²) >= 11 is 11.5. The monoisotopic (exact) mass is 341 g/mol. The zero-order valence-electron chi connectivity index (χ0n) is 10.5. The van der Waals surface area contributed by atoms with Crippen LogP contribution in [-0.4, -0.2) is 20.6 Å². The van der Waals surface area contributed by atoms with Gasteiger partial charge in [0.25, 0.3) is 5.69 Å². The topological polar surface area (TPSA) is 116 Å². The molecule has 1 aromatic carbocycles. The predicted molar refractivity (Wildman–Crippen MR) is 77.4 cm³/mol. The molecule has 0 atom stereocenters. The number of carbonyl (C=O) groups is 1. The van der Waals surface area contributed by atoms with E-state index in [1.165, 1.54) is 24.5 Å². The molecular weight excluding hydrogens is 337 g/mol. The van der Waals surface area contributed by atoms with E-state index in [4.69, 9.17) is 23.2 Å². The molecule has 2 aromatic rings. The van der Waals surface area contributed by atoms with Gasteiger partial charge in [-0.2, -0.15) is 0 Å². The molecule has 112 valence electrons. The van der Waals surface area contributed by atoms with Gasteiger partial charge in [-0.05, 0) is 12.1 Å². The highest BCUT2D eigenvalue weighted by atomic mass is 35.5. The smallest absolute Gasteiger partial charge is 0.289 e. The molecule has 0 amide bonds. The van der Waals surface area contributed by atoms with E-state index in [9.17, 15) is 25.0 Å². The second-order valence-electron chi connectivity index (χ2n) is 4.00. The lowest BCUT2D eigenvalue weighted by Gasteiger charge is -2.06. The van der Waals surface area contributed by atoms with Crippen LogP contribution in [0.4, 0.5) is 11.4 Å². The fourth-order valence-corrected chi connectivity index (χ4v) is 2.37. The van der Waals surface area contributed by atoms with Crippen molar-refractivity contribution < 1.29 is 14.6 Å². The van der Waals surface area contributed by atoms with Gasteiger partial charge >= 0.3 is 5.69 Å². The number of nitrogens with zero attached hydrogens (tertiary/aromatic N) is 3. The van der Waals surface area contributed by atoms with Crippen molar-refractivity contribution in [2.24, 2.45) is 0 Å². The van der Waals surface area contributed by atoms with Crippen LogP contribution >= 0.6 is 23.2 Å². The minimum atomic E-state index is -0.971. The number of nitro groups is 2. The highest BCUT2D eigenvalue weighted by Crippen LogP contribution is 2.42. The Labute approximate surface area is 132 Å². The summed E-state index contributed by atoms with van der Waals surface area (Å²) < 4.78 is 0. The van der Waals surface area contributed by atoms with E-state index < -0.39 is 37.0 Å². The summed E-state index contributed by atoms with van der Waals surface area (Å²) in [5, 5.41) is 20.7. The number of hydrogen-bond donors (Lipinski definition) is 0. The Bertz CT molecular complexity index is 795. The molecule has 0 saturated carbocycles. The Morgan fingerprint density at radius 1 is 1.05 bits per heavy atom. The summed E-state index contributed by atoms with van der Waals surface area (Å²) in [6, 6.07) is 3.52. The van der Waals surface area contributed by atoms with Crippen molar-refractivity contribution in [1.29, 1.82) is 0 Å². The van der Waals surface area contributed by atoms with Gasteiger partial charge in [-0.25, -0.2) is 0 Å². The van der Waals surface area contributed by atoms with Crippen molar-refractivity contribution in [3.8, 4) is 0 Å². The van der Waals surface area contributed by atoms with E-state index >= 15 is 0 Å². The maximum Gasteiger partial charge on any atom is 0.314 e. The Kier molecular flexibility index (Phi) is 4.34. The van der Waals surface area contributed by atoms with Crippen molar-refractivity contribution in [3.05, 3.63) is 72.0 Å². The molecule has 0 aliphatic carbocycles. The van der Waals surface area contributed by atoms with Crippen LogP contribution < -0.4 is 0 Å². The van der Waals surface area contributed by atoms with E-state index in [2.05, 4.69) is 4.98 Å². The number of ketones is 1. The largest absolute Gasteiger partial charge is 0.314 e. The number of halogens is 2. The van der Waals surface area contributed by atoms with E-state index in [1.54, 1.807) is 0 Å². The molecule has 0 fully saturated rings. The third-order valence-electron chi connectivity index (χ3n) is 2.72. The highest BCUT2D eigenvalue weighted by Gasteiger charge is 2.32. The van der Waals surface area contributed by atoms with Gasteiger partial charge in [0.1, 0.15) is 5.02 Å². The first-order valence-corrected chi connectivity index (χ1v) is 6.35. The molecule has 0 N–H and O–H groups in total. The summed E-state index contributed by atoms with van der Waals surface area (Å²) in [4.78, 5) is 36.1. The average Bonchev–Trinajstić information content (AvgIpc) is 2.47. The fraction of sp³-hybridized carbons (Fsp3) is 0. The van der Waals surface area contributed by atoms with Crippen molar-refractivity contribution in [2.75, 3.05) is 0 Å². The quantitative estimate of drug-likeness (QED) is 0.477. The van der Waals surface area contributed by atoms with Gasteiger partial charge < -0.3 is 0 Å². The summed E-state index contributed by atoms with van der Waals surface area (Å²) in [5.41, 5.74) is -1.90. The molecule has 2 rings (SSSR count). The predicted octanol–water partition coefficient (Wildman–Crippen LogP) is 3.44. The van der Waals surface area contributed by atoms with Crippen LogP contribution in [0.1, 0.15) is 15.9 Å². The SMILES string of the molecule is O=C(c1ccncc1)c1cc([N+](=O)[O-])c(Cl)c([N+](=O)[O-])c1Cl. The Morgan fingerprint density at radius 2 is 1.64 bits per heavy atom. The van der Waals surface area contributed by atoms with Gasteiger partial charge in [0.15, 0.2) is 10.8 Å². The van der Waals surface area contributed by atoms with Gasteiger partial charge in [0.2, 0.25) is 0 Å². The van der Waals surface area contributed by atoms with Crippen LogP contribution in [0.25, 0.3) is 0 Å². The number of aromatic nitrogens is 1. The van der Waals surface area contributed by atoms with Crippen LogP contribution in [0.5, 0.6) is 0 Å². The van der Waals surface area contributed by atoms with E-state index in [0.717, 1.165) is 6.07 Å². The maximum absolute atomic E-state index is 12.3. The van der Waals surface area contributed by atoms with Crippen molar-refractivity contribution in [2.45, 2.75) is 0 Å². The third kappa shape index (κ3) is 2.74. The normalized spacial score (nSPS) is 10.3. The number of benzene rings is 1. The van der Waals surface area contributed by atoms with Crippen molar-refractivity contribution in [3.63, 3.8) is 0 Å². The Hall–Kier alpha value is -2.58.